The summed E-state index contributed by atoms with van der Waals surface area (Å²) in [5, 5.41) is 0.308. The maximum absolute atomic E-state index is 12.6. The first-order valence-electron chi connectivity index (χ1n) is 6.69. The van der Waals surface area contributed by atoms with E-state index in [1.165, 1.54) is 18.3 Å². The molecule has 6 heteroatoms. The first kappa shape index (κ1) is 14.8. The van der Waals surface area contributed by atoms with Crippen molar-refractivity contribution >= 4 is 21.6 Å². The molecule has 0 bridgehead atoms. The number of aromatic nitrogens is 1. The van der Waals surface area contributed by atoms with E-state index in [2.05, 4.69) is 11.9 Å². The molecule has 0 spiro atoms. The molecule has 0 saturated carbocycles. The van der Waals surface area contributed by atoms with Crippen molar-refractivity contribution in [3.8, 4) is 0 Å². The Morgan fingerprint density at radius 1 is 1.42 bits per heavy atom. The van der Waals surface area contributed by atoms with Crippen molar-refractivity contribution in [3.05, 3.63) is 23.5 Å². The normalized spacial score (nSPS) is 21.5. The zero-order valence-corrected chi connectivity index (χ0v) is 12.6. The molecule has 0 N–H and O–H groups in total. The van der Waals surface area contributed by atoms with Crippen LogP contribution in [0, 0.1) is 0 Å². The molecule has 1 aromatic rings. The molecule has 1 unspecified atom stereocenters. The van der Waals surface area contributed by atoms with Crippen molar-refractivity contribution in [1.29, 1.82) is 0 Å². The number of piperidine rings is 1. The molecule has 0 radical (unpaired) electrons. The van der Waals surface area contributed by atoms with Crippen LogP contribution in [-0.2, 0) is 10.0 Å². The van der Waals surface area contributed by atoms with Crippen molar-refractivity contribution in [2.75, 3.05) is 6.54 Å². The second-order valence-electron chi connectivity index (χ2n) is 4.87. The van der Waals surface area contributed by atoms with Gasteiger partial charge in [0.1, 0.15) is 10.0 Å². The minimum Gasteiger partial charge on any atom is -0.243 e. The standard InChI is InChI=1S/C13H19ClN2O2S/c1-2-5-11-6-3-4-9-16(11)19(17,18)12-7-8-13(14)15-10-12/h7-8,10-11H,2-6,9H2,1H3. The van der Waals surface area contributed by atoms with Gasteiger partial charge in [0, 0.05) is 18.8 Å². The summed E-state index contributed by atoms with van der Waals surface area (Å²) in [4.78, 5) is 4.11. The number of nitrogens with zero attached hydrogens (tertiary/aromatic N) is 2. The van der Waals surface area contributed by atoms with Crippen molar-refractivity contribution in [3.63, 3.8) is 0 Å². The number of sulfonamides is 1. The van der Waals surface area contributed by atoms with E-state index in [9.17, 15) is 8.42 Å². The van der Waals surface area contributed by atoms with E-state index in [1.54, 1.807) is 4.31 Å². The highest BCUT2D eigenvalue weighted by Gasteiger charge is 2.32. The first-order valence-corrected chi connectivity index (χ1v) is 8.51. The van der Waals surface area contributed by atoms with Gasteiger partial charge in [-0.2, -0.15) is 4.31 Å². The smallest absolute Gasteiger partial charge is 0.243 e. The Morgan fingerprint density at radius 3 is 2.84 bits per heavy atom. The topological polar surface area (TPSA) is 50.3 Å². The monoisotopic (exact) mass is 302 g/mol. The van der Waals surface area contributed by atoms with Gasteiger partial charge in [-0.15, -0.1) is 0 Å². The SMILES string of the molecule is CCCC1CCCCN1S(=O)(=O)c1ccc(Cl)nc1. The second kappa shape index (κ2) is 6.20. The van der Waals surface area contributed by atoms with Crippen LogP contribution in [0.25, 0.3) is 0 Å². The van der Waals surface area contributed by atoms with E-state index in [-0.39, 0.29) is 10.9 Å². The highest BCUT2D eigenvalue weighted by molar-refractivity contribution is 7.89. The highest BCUT2D eigenvalue weighted by Crippen LogP contribution is 2.27. The lowest BCUT2D eigenvalue weighted by atomic mass is 10.0. The van der Waals surface area contributed by atoms with Crippen molar-refractivity contribution in [2.24, 2.45) is 0 Å². The minimum absolute atomic E-state index is 0.124. The van der Waals surface area contributed by atoms with E-state index in [1.807, 2.05) is 0 Å². The van der Waals surface area contributed by atoms with Gasteiger partial charge >= 0.3 is 0 Å². The van der Waals surface area contributed by atoms with Crippen LogP contribution in [0.2, 0.25) is 5.15 Å². The molecule has 0 aromatic carbocycles. The predicted octanol–water partition coefficient (Wildman–Crippen LogP) is 3.08. The Bertz CT molecular complexity index is 514. The Morgan fingerprint density at radius 2 is 2.21 bits per heavy atom. The predicted molar refractivity (Wildman–Crippen MR) is 75.7 cm³/mol. The van der Waals surface area contributed by atoms with E-state index in [4.69, 9.17) is 11.6 Å². The third-order valence-electron chi connectivity index (χ3n) is 3.50. The summed E-state index contributed by atoms with van der Waals surface area (Å²) in [5.41, 5.74) is 0. The van der Waals surface area contributed by atoms with Gasteiger partial charge in [0.15, 0.2) is 0 Å². The average molecular weight is 303 g/mol. The van der Waals surface area contributed by atoms with Crippen molar-refractivity contribution in [1.82, 2.24) is 9.29 Å². The maximum atomic E-state index is 12.6. The summed E-state index contributed by atoms with van der Waals surface area (Å²) < 4.78 is 26.9. The molecule has 1 aromatic heterocycles. The minimum atomic E-state index is -3.44. The van der Waals surface area contributed by atoms with Crippen LogP contribution in [0.4, 0.5) is 0 Å². The van der Waals surface area contributed by atoms with Gasteiger partial charge < -0.3 is 0 Å². The van der Waals surface area contributed by atoms with Gasteiger partial charge in [-0.05, 0) is 31.4 Å². The molecular formula is C13H19ClN2O2S. The van der Waals surface area contributed by atoms with Crippen LogP contribution in [0.15, 0.2) is 23.2 Å². The molecule has 1 aliphatic rings. The van der Waals surface area contributed by atoms with E-state index in [0.29, 0.717) is 11.7 Å². The highest BCUT2D eigenvalue weighted by atomic mass is 35.5. The molecule has 0 aliphatic carbocycles. The summed E-state index contributed by atoms with van der Waals surface area (Å²) in [7, 11) is -3.44. The molecule has 106 valence electrons. The zero-order valence-electron chi connectivity index (χ0n) is 11.0. The lowest BCUT2D eigenvalue weighted by molar-refractivity contribution is 0.239. The average Bonchev–Trinajstić information content (AvgIpc) is 2.40. The summed E-state index contributed by atoms with van der Waals surface area (Å²) in [6.07, 6.45) is 6.25. The molecule has 19 heavy (non-hydrogen) atoms. The van der Waals surface area contributed by atoms with E-state index >= 15 is 0 Å². The molecule has 0 amide bonds. The lowest BCUT2D eigenvalue weighted by Crippen LogP contribution is -2.43. The third kappa shape index (κ3) is 3.27. The number of pyridine rings is 1. The van der Waals surface area contributed by atoms with Crippen LogP contribution < -0.4 is 0 Å². The van der Waals surface area contributed by atoms with Crippen LogP contribution >= 0.6 is 11.6 Å². The van der Waals surface area contributed by atoms with Gasteiger partial charge in [-0.1, -0.05) is 31.4 Å². The first-order chi connectivity index (χ1) is 9.05. The molecule has 1 atom stereocenters. The fourth-order valence-corrected chi connectivity index (χ4v) is 4.34. The second-order valence-corrected chi connectivity index (χ2v) is 7.15. The summed E-state index contributed by atoms with van der Waals surface area (Å²) >= 11 is 5.71. The van der Waals surface area contributed by atoms with Gasteiger partial charge in [0.05, 0.1) is 0 Å². The Kier molecular flexibility index (Phi) is 4.81. The summed E-state index contributed by atoms with van der Waals surface area (Å²) in [6.45, 7) is 2.69. The Labute approximate surface area is 119 Å². The lowest BCUT2D eigenvalue weighted by Gasteiger charge is -2.34. The number of hydrogen-bond donors (Lipinski definition) is 0. The summed E-state index contributed by atoms with van der Waals surface area (Å²) in [5.74, 6) is 0. The fourth-order valence-electron chi connectivity index (χ4n) is 2.56. The third-order valence-corrected chi connectivity index (χ3v) is 5.66. The van der Waals surface area contributed by atoms with Crippen LogP contribution in [-0.4, -0.2) is 30.3 Å². The van der Waals surface area contributed by atoms with E-state index < -0.39 is 10.0 Å². The molecule has 4 nitrogen and oxygen atoms in total. The van der Waals surface area contributed by atoms with Crippen LogP contribution in [0.3, 0.4) is 0 Å². The molecule has 1 aliphatic heterocycles. The largest absolute Gasteiger partial charge is 0.244 e. The maximum Gasteiger partial charge on any atom is 0.244 e. The van der Waals surface area contributed by atoms with Gasteiger partial charge in [0.25, 0.3) is 0 Å². The molecule has 2 rings (SSSR count). The molecular weight excluding hydrogens is 284 g/mol. The van der Waals surface area contributed by atoms with Gasteiger partial charge in [-0.25, -0.2) is 13.4 Å². The van der Waals surface area contributed by atoms with Crippen molar-refractivity contribution < 1.29 is 8.42 Å². The molecule has 1 saturated heterocycles. The fraction of sp³-hybridized carbons (Fsp3) is 0.615. The van der Waals surface area contributed by atoms with Gasteiger partial charge in [-0.3, -0.25) is 0 Å². The van der Waals surface area contributed by atoms with Gasteiger partial charge in [0.2, 0.25) is 10.0 Å². The van der Waals surface area contributed by atoms with Crippen LogP contribution in [0.5, 0.6) is 0 Å². The number of rotatable bonds is 4. The molecule has 1 fully saturated rings. The van der Waals surface area contributed by atoms with Crippen LogP contribution in [0.1, 0.15) is 39.0 Å². The zero-order chi connectivity index (χ0) is 13.9. The number of hydrogen-bond acceptors (Lipinski definition) is 3. The number of halogens is 1. The molecule has 2 heterocycles. The summed E-state index contributed by atoms with van der Waals surface area (Å²) in [6, 6.07) is 3.18. The van der Waals surface area contributed by atoms with E-state index in [0.717, 1.165) is 32.1 Å². The quantitative estimate of drug-likeness (QED) is 0.803. The Hall–Kier alpha value is -0.650. The van der Waals surface area contributed by atoms with Crippen molar-refractivity contribution in [2.45, 2.75) is 50.0 Å². The Balaban J connectivity index is 2.28.